The first-order valence-electron chi connectivity index (χ1n) is 7.78. The molecule has 3 rings (SSSR count). The van der Waals surface area contributed by atoms with Crippen LogP contribution in [0.4, 0.5) is 14.6 Å². The van der Waals surface area contributed by atoms with Crippen LogP contribution < -0.4 is 4.72 Å². The Bertz CT molecular complexity index is 1060. The average molecular weight is 374 g/mol. The van der Waals surface area contributed by atoms with Gasteiger partial charge in [-0.25, -0.2) is 22.2 Å². The highest BCUT2D eigenvalue weighted by Gasteiger charge is 2.17. The van der Waals surface area contributed by atoms with Crippen LogP contribution in [0, 0.1) is 25.5 Å². The number of aryl methyl sites for hydroxylation is 2. The van der Waals surface area contributed by atoms with E-state index in [-0.39, 0.29) is 10.7 Å². The van der Waals surface area contributed by atoms with Gasteiger partial charge in [0, 0.05) is 11.8 Å². The Morgan fingerprint density at radius 2 is 1.62 bits per heavy atom. The molecule has 7 heteroatoms. The maximum Gasteiger partial charge on any atom is 0.263 e. The summed E-state index contributed by atoms with van der Waals surface area (Å²) in [6.45, 7) is 3.44. The van der Waals surface area contributed by atoms with Crippen LogP contribution in [-0.4, -0.2) is 13.4 Å². The molecule has 0 saturated heterocycles. The topological polar surface area (TPSA) is 59.1 Å². The van der Waals surface area contributed by atoms with E-state index >= 15 is 0 Å². The molecular formula is C19H16F2N2O2S. The molecule has 1 heterocycles. The van der Waals surface area contributed by atoms with Crippen molar-refractivity contribution in [3.63, 3.8) is 0 Å². The highest BCUT2D eigenvalue weighted by molar-refractivity contribution is 7.92. The summed E-state index contributed by atoms with van der Waals surface area (Å²) in [7, 11) is -3.83. The molecule has 0 aliphatic rings. The van der Waals surface area contributed by atoms with Crippen molar-refractivity contribution in [3.05, 3.63) is 77.5 Å². The summed E-state index contributed by atoms with van der Waals surface area (Å²) in [4.78, 5) is 4.16. The van der Waals surface area contributed by atoms with Gasteiger partial charge in [-0.1, -0.05) is 12.1 Å². The van der Waals surface area contributed by atoms with E-state index in [9.17, 15) is 17.2 Å². The van der Waals surface area contributed by atoms with E-state index in [1.54, 1.807) is 32.0 Å². The van der Waals surface area contributed by atoms with Gasteiger partial charge in [0.05, 0.1) is 4.90 Å². The van der Waals surface area contributed by atoms with Gasteiger partial charge in [-0.05, 0) is 66.9 Å². The number of sulfonamides is 1. The standard InChI is InChI=1S/C19H16F2N2O2S/c1-12-8-17(26(24,25)23-19-5-3-4-13(2)22-19)6-7-18(12)14-9-15(20)11-16(21)10-14/h3-11H,1-2H3,(H,22,23). The number of nitrogens with zero attached hydrogens (tertiary/aromatic N) is 1. The van der Waals surface area contributed by atoms with Crippen LogP contribution in [0.5, 0.6) is 0 Å². The molecule has 0 aliphatic heterocycles. The summed E-state index contributed by atoms with van der Waals surface area (Å²) >= 11 is 0. The lowest BCUT2D eigenvalue weighted by Gasteiger charge is -2.11. The Hall–Kier alpha value is -2.80. The van der Waals surface area contributed by atoms with Gasteiger partial charge in [-0.15, -0.1) is 0 Å². The predicted octanol–water partition coefficient (Wildman–Crippen LogP) is 4.44. The maximum atomic E-state index is 13.4. The number of rotatable bonds is 4. The van der Waals surface area contributed by atoms with Crippen LogP contribution in [-0.2, 0) is 10.0 Å². The second-order valence-electron chi connectivity index (χ2n) is 5.90. The molecule has 4 nitrogen and oxygen atoms in total. The van der Waals surface area contributed by atoms with Gasteiger partial charge in [0.25, 0.3) is 10.0 Å². The van der Waals surface area contributed by atoms with Gasteiger partial charge in [0.15, 0.2) is 0 Å². The number of anilines is 1. The molecule has 0 atom stereocenters. The SMILES string of the molecule is Cc1cccc(NS(=O)(=O)c2ccc(-c3cc(F)cc(F)c3)c(C)c2)n1. The first kappa shape index (κ1) is 18.0. The highest BCUT2D eigenvalue weighted by atomic mass is 32.2. The van der Waals surface area contributed by atoms with Gasteiger partial charge in [-0.2, -0.15) is 0 Å². The Labute approximate surface area is 150 Å². The molecular weight excluding hydrogens is 358 g/mol. The minimum Gasteiger partial charge on any atom is -0.263 e. The molecule has 0 spiro atoms. The van der Waals surface area contributed by atoms with Gasteiger partial charge < -0.3 is 0 Å². The molecule has 3 aromatic rings. The molecule has 0 saturated carbocycles. The molecule has 0 fully saturated rings. The molecule has 0 aliphatic carbocycles. The first-order valence-corrected chi connectivity index (χ1v) is 9.26. The Balaban J connectivity index is 1.96. The monoisotopic (exact) mass is 374 g/mol. The van der Waals surface area contributed by atoms with Crippen molar-refractivity contribution in [2.75, 3.05) is 4.72 Å². The smallest absolute Gasteiger partial charge is 0.263 e. The summed E-state index contributed by atoms with van der Waals surface area (Å²) in [6, 6.07) is 12.6. The van der Waals surface area contributed by atoms with Crippen molar-refractivity contribution in [1.82, 2.24) is 4.98 Å². The van der Waals surface area contributed by atoms with Crippen LogP contribution in [0.15, 0.2) is 59.5 Å². The molecule has 1 N–H and O–H groups in total. The van der Waals surface area contributed by atoms with Gasteiger partial charge in [0.2, 0.25) is 0 Å². The van der Waals surface area contributed by atoms with E-state index in [4.69, 9.17) is 0 Å². The summed E-state index contributed by atoms with van der Waals surface area (Å²) in [5, 5.41) is 0. The number of aromatic nitrogens is 1. The van der Waals surface area contributed by atoms with Gasteiger partial charge >= 0.3 is 0 Å². The fourth-order valence-electron chi connectivity index (χ4n) is 2.63. The predicted molar refractivity (Wildman–Crippen MR) is 96.3 cm³/mol. The number of benzene rings is 2. The third-order valence-corrected chi connectivity index (χ3v) is 5.16. The second-order valence-corrected chi connectivity index (χ2v) is 7.59. The minimum atomic E-state index is -3.83. The highest BCUT2D eigenvalue weighted by Crippen LogP contribution is 2.27. The van der Waals surface area contributed by atoms with Crippen LogP contribution in [0.3, 0.4) is 0 Å². The second kappa shape index (κ2) is 6.84. The molecule has 0 unspecified atom stereocenters. The van der Waals surface area contributed by atoms with Gasteiger partial charge in [-0.3, -0.25) is 4.72 Å². The summed E-state index contributed by atoms with van der Waals surface area (Å²) in [5.41, 5.74) is 2.16. The summed E-state index contributed by atoms with van der Waals surface area (Å²) < 4.78 is 54.4. The largest absolute Gasteiger partial charge is 0.263 e. The fraction of sp³-hybridized carbons (Fsp3) is 0.105. The first-order chi connectivity index (χ1) is 12.2. The van der Waals surface area contributed by atoms with Crippen LogP contribution in [0.1, 0.15) is 11.3 Å². The van der Waals surface area contributed by atoms with E-state index in [2.05, 4.69) is 9.71 Å². The quantitative estimate of drug-likeness (QED) is 0.734. The van der Waals surface area contributed by atoms with Crippen LogP contribution >= 0.6 is 0 Å². The van der Waals surface area contributed by atoms with Gasteiger partial charge in [0.1, 0.15) is 17.5 Å². The zero-order valence-electron chi connectivity index (χ0n) is 14.1. The molecule has 134 valence electrons. The van der Waals surface area contributed by atoms with Crippen LogP contribution in [0.25, 0.3) is 11.1 Å². The molecule has 2 aromatic carbocycles. The number of pyridine rings is 1. The van der Waals surface area contributed by atoms with E-state index in [0.717, 1.165) is 6.07 Å². The van der Waals surface area contributed by atoms with Crippen molar-refractivity contribution in [1.29, 1.82) is 0 Å². The fourth-order valence-corrected chi connectivity index (χ4v) is 3.72. The molecule has 0 bridgehead atoms. The maximum absolute atomic E-state index is 13.4. The number of nitrogens with one attached hydrogen (secondary N) is 1. The third kappa shape index (κ3) is 3.88. The molecule has 0 amide bonds. The molecule has 26 heavy (non-hydrogen) atoms. The molecule has 0 radical (unpaired) electrons. The average Bonchev–Trinajstić information content (AvgIpc) is 2.53. The third-order valence-electron chi connectivity index (χ3n) is 3.81. The van der Waals surface area contributed by atoms with Crippen LogP contribution in [0.2, 0.25) is 0 Å². The summed E-state index contributed by atoms with van der Waals surface area (Å²) in [5.74, 6) is -1.16. The Morgan fingerprint density at radius 3 is 2.23 bits per heavy atom. The zero-order chi connectivity index (χ0) is 18.9. The lowest BCUT2D eigenvalue weighted by atomic mass is 10.0. The Kier molecular flexibility index (Phi) is 4.73. The van der Waals surface area contributed by atoms with Crippen molar-refractivity contribution < 1.29 is 17.2 Å². The van der Waals surface area contributed by atoms with Crippen molar-refractivity contribution >= 4 is 15.8 Å². The van der Waals surface area contributed by atoms with E-state index in [1.807, 2.05) is 0 Å². The van der Waals surface area contributed by atoms with E-state index < -0.39 is 21.7 Å². The number of hydrogen-bond acceptors (Lipinski definition) is 3. The van der Waals surface area contributed by atoms with E-state index in [1.165, 1.54) is 30.3 Å². The van der Waals surface area contributed by atoms with Crippen molar-refractivity contribution in [3.8, 4) is 11.1 Å². The number of hydrogen-bond donors (Lipinski definition) is 1. The van der Waals surface area contributed by atoms with Crippen molar-refractivity contribution in [2.45, 2.75) is 18.7 Å². The van der Waals surface area contributed by atoms with E-state index in [0.29, 0.717) is 22.4 Å². The molecule has 1 aromatic heterocycles. The zero-order valence-corrected chi connectivity index (χ0v) is 14.9. The number of halogens is 2. The normalized spacial score (nSPS) is 11.4. The Morgan fingerprint density at radius 1 is 0.923 bits per heavy atom. The van der Waals surface area contributed by atoms with Crippen molar-refractivity contribution in [2.24, 2.45) is 0 Å². The lowest BCUT2D eigenvalue weighted by molar-refractivity contribution is 0.584. The minimum absolute atomic E-state index is 0.0407. The summed E-state index contributed by atoms with van der Waals surface area (Å²) in [6.07, 6.45) is 0. The lowest BCUT2D eigenvalue weighted by Crippen LogP contribution is -2.14.